The van der Waals surface area contributed by atoms with Crippen molar-refractivity contribution >= 4 is 11.7 Å². The van der Waals surface area contributed by atoms with E-state index in [9.17, 15) is 18.0 Å². The van der Waals surface area contributed by atoms with Crippen molar-refractivity contribution in [2.45, 2.75) is 50.9 Å². The fourth-order valence-electron chi connectivity index (χ4n) is 2.30. The summed E-state index contributed by atoms with van der Waals surface area (Å²) in [5.41, 5.74) is 1.30. The average molecular weight is 346 g/mol. The summed E-state index contributed by atoms with van der Waals surface area (Å²) in [5, 5.41) is 9.71. The van der Waals surface area contributed by atoms with Gasteiger partial charge in [-0.15, -0.1) is 13.2 Å². The van der Waals surface area contributed by atoms with Crippen molar-refractivity contribution in [3.63, 3.8) is 0 Å². The Bertz CT molecular complexity index is 580. The van der Waals surface area contributed by atoms with Gasteiger partial charge in [0.15, 0.2) is 0 Å². The molecule has 0 unspecified atom stereocenters. The van der Waals surface area contributed by atoms with E-state index in [1.807, 2.05) is 17.9 Å². The molecular weight excluding hydrogens is 325 g/mol. The molecule has 0 spiro atoms. The van der Waals surface area contributed by atoms with Crippen LogP contribution in [0.5, 0.6) is 0 Å². The van der Waals surface area contributed by atoms with Gasteiger partial charge >= 0.3 is 6.36 Å². The van der Waals surface area contributed by atoms with Gasteiger partial charge in [0, 0.05) is 24.6 Å². The van der Waals surface area contributed by atoms with Crippen LogP contribution in [0, 0.1) is 0 Å². The van der Waals surface area contributed by atoms with E-state index in [4.69, 9.17) is 5.11 Å². The van der Waals surface area contributed by atoms with Crippen LogP contribution in [0.25, 0.3) is 0 Å². The summed E-state index contributed by atoms with van der Waals surface area (Å²) in [6.07, 6.45) is 0.0773. The summed E-state index contributed by atoms with van der Waals surface area (Å²) in [5.74, 6) is 0.906. The molecule has 0 radical (unpaired) electrons. The summed E-state index contributed by atoms with van der Waals surface area (Å²) in [6, 6.07) is 1.75. The first-order valence-electron chi connectivity index (χ1n) is 7.75. The molecule has 2 heterocycles. The SMILES string of the molecule is C[C@@H](Nc1cc(C2(C)CC2)ncn1)C(=O)N1CCC1.OC(F)(F)F. The number of carbonyl (C=O) groups excluding carboxylic acids is 1. The number of aliphatic hydroxyl groups is 1. The molecule has 134 valence electrons. The van der Waals surface area contributed by atoms with E-state index in [0.717, 1.165) is 31.0 Å². The van der Waals surface area contributed by atoms with Crippen LogP contribution in [0.15, 0.2) is 12.4 Å². The third-order valence-corrected chi connectivity index (χ3v) is 4.19. The van der Waals surface area contributed by atoms with Crippen LogP contribution in [0.2, 0.25) is 0 Å². The molecule has 0 aromatic carbocycles. The third kappa shape index (κ3) is 5.33. The van der Waals surface area contributed by atoms with Crippen LogP contribution < -0.4 is 5.32 Å². The van der Waals surface area contributed by atoms with Gasteiger partial charge in [-0.1, -0.05) is 6.92 Å². The molecule has 9 heteroatoms. The molecule has 0 bridgehead atoms. The lowest BCUT2D eigenvalue weighted by atomic mass is 10.1. The number of nitrogens with zero attached hydrogens (tertiary/aromatic N) is 3. The number of rotatable bonds is 4. The van der Waals surface area contributed by atoms with Crippen LogP contribution in [0.4, 0.5) is 19.0 Å². The van der Waals surface area contributed by atoms with Gasteiger partial charge in [0.1, 0.15) is 18.2 Å². The van der Waals surface area contributed by atoms with Gasteiger partial charge < -0.3 is 15.3 Å². The van der Waals surface area contributed by atoms with E-state index in [1.54, 1.807) is 6.33 Å². The molecule has 1 saturated carbocycles. The standard InChI is InChI=1S/C14H20N4O.CHF3O/c1-10(13(19)18-6-3-7-18)17-12-8-11(15-9-16-12)14(2)4-5-14;2-1(3,4)5/h8-10H,3-7H2,1-2H3,(H,15,16,17);5H/t10-;/m1./s1. The van der Waals surface area contributed by atoms with Gasteiger partial charge in [0.25, 0.3) is 0 Å². The average Bonchev–Trinajstić information content (AvgIpc) is 3.14. The minimum atomic E-state index is -5.00. The number of aromatic nitrogens is 2. The second-order valence-electron chi connectivity index (χ2n) is 6.36. The van der Waals surface area contributed by atoms with Crippen LogP contribution in [-0.2, 0) is 10.2 Å². The van der Waals surface area contributed by atoms with E-state index in [0.29, 0.717) is 0 Å². The topological polar surface area (TPSA) is 78.4 Å². The van der Waals surface area contributed by atoms with Crippen molar-refractivity contribution in [3.8, 4) is 0 Å². The number of likely N-dealkylation sites (tertiary alicyclic amines) is 1. The van der Waals surface area contributed by atoms with Crippen molar-refractivity contribution in [3.05, 3.63) is 18.1 Å². The first-order valence-corrected chi connectivity index (χ1v) is 7.75. The normalized spacial score (nSPS) is 19.5. The largest absolute Gasteiger partial charge is 0.519 e. The molecule has 2 aliphatic rings. The lowest BCUT2D eigenvalue weighted by molar-refractivity contribution is -0.295. The molecule has 2 N–H and O–H groups in total. The maximum atomic E-state index is 12.0. The van der Waals surface area contributed by atoms with Gasteiger partial charge in [0.2, 0.25) is 5.91 Å². The molecule has 24 heavy (non-hydrogen) atoms. The van der Waals surface area contributed by atoms with Crippen LogP contribution in [0.3, 0.4) is 0 Å². The Morgan fingerprint density at radius 3 is 2.42 bits per heavy atom. The van der Waals surface area contributed by atoms with Gasteiger partial charge in [-0.3, -0.25) is 4.79 Å². The Morgan fingerprint density at radius 2 is 1.96 bits per heavy atom. The highest BCUT2D eigenvalue weighted by Crippen LogP contribution is 2.46. The van der Waals surface area contributed by atoms with E-state index < -0.39 is 6.36 Å². The molecule has 1 amide bonds. The van der Waals surface area contributed by atoms with Gasteiger partial charge in [-0.05, 0) is 26.2 Å². The molecule has 2 fully saturated rings. The molecule has 1 aliphatic heterocycles. The van der Waals surface area contributed by atoms with Gasteiger partial charge in [-0.25, -0.2) is 9.97 Å². The molecule has 1 saturated heterocycles. The zero-order valence-corrected chi connectivity index (χ0v) is 13.6. The maximum Gasteiger partial charge on any atom is 0.519 e. The lowest BCUT2D eigenvalue weighted by Crippen LogP contribution is -2.48. The number of amides is 1. The Kier molecular flexibility index (Phi) is 5.32. The van der Waals surface area contributed by atoms with Gasteiger partial charge in [0.05, 0.1) is 5.69 Å². The predicted molar refractivity (Wildman–Crippen MR) is 81.2 cm³/mol. The van der Waals surface area contributed by atoms with Gasteiger partial charge in [-0.2, -0.15) is 0 Å². The summed E-state index contributed by atoms with van der Waals surface area (Å²) >= 11 is 0. The number of hydrogen-bond acceptors (Lipinski definition) is 5. The zero-order chi connectivity index (χ0) is 18.0. The highest BCUT2D eigenvalue weighted by Gasteiger charge is 2.40. The summed E-state index contributed by atoms with van der Waals surface area (Å²) < 4.78 is 29.7. The van der Waals surface area contributed by atoms with Crippen LogP contribution >= 0.6 is 0 Å². The van der Waals surface area contributed by atoms with E-state index in [1.165, 1.54) is 12.8 Å². The highest BCUT2D eigenvalue weighted by atomic mass is 19.4. The van der Waals surface area contributed by atoms with Crippen molar-refractivity contribution in [2.24, 2.45) is 0 Å². The Balaban J connectivity index is 0.000000368. The molecule has 1 atom stereocenters. The van der Waals surface area contributed by atoms with Crippen molar-refractivity contribution in [1.29, 1.82) is 0 Å². The minimum absolute atomic E-state index is 0.157. The number of nitrogens with one attached hydrogen (secondary N) is 1. The first-order chi connectivity index (χ1) is 11.1. The van der Waals surface area contributed by atoms with Crippen molar-refractivity contribution in [2.75, 3.05) is 18.4 Å². The smallest absolute Gasteiger partial charge is 0.359 e. The minimum Gasteiger partial charge on any atom is -0.359 e. The number of carbonyl (C=O) groups is 1. The molecule has 6 nitrogen and oxygen atoms in total. The Hall–Kier alpha value is -1.90. The third-order valence-electron chi connectivity index (χ3n) is 4.19. The number of anilines is 1. The summed E-state index contributed by atoms with van der Waals surface area (Å²) in [7, 11) is 0. The fraction of sp³-hybridized carbons (Fsp3) is 0.667. The van der Waals surface area contributed by atoms with Crippen molar-refractivity contribution < 1.29 is 23.1 Å². The first kappa shape index (κ1) is 18.4. The van der Waals surface area contributed by atoms with Crippen LogP contribution in [-0.4, -0.2) is 51.4 Å². The highest BCUT2D eigenvalue weighted by molar-refractivity contribution is 5.84. The molecule has 1 aromatic rings. The summed E-state index contributed by atoms with van der Waals surface area (Å²) in [4.78, 5) is 22.5. The number of alkyl halides is 3. The molecule has 3 rings (SSSR count). The predicted octanol–water partition coefficient (Wildman–Crippen LogP) is 2.06. The Morgan fingerprint density at radius 1 is 1.38 bits per heavy atom. The van der Waals surface area contributed by atoms with Crippen LogP contribution in [0.1, 0.15) is 38.8 Å². The maximum absolute atomic E-state index is 12.0. The zero-order valence-electron chi connectivity index (χ0n) is 13.6. The number of hydrogen-bond donors (Lipinski definition) is 2. The molecule has 1 aliphatic carbocycles. The lowest BCUT2D eigenvalue weighted by Gasteiger charge is -2.33. The second-order valence-corrected chi connectivity index (χ2v) is 6.36. The van der Waals surface area contributed by atoms with E-state index >= 15 is 0 Å². The molecular formula is C15H21F3N4O2. The van der Waals surface area contributed by atoms with E-state index in [2.05, 4.69) is 22.2 Å². The second kappa shape index (κ2) is 6.92. The van der Waals surface area contributed by atoms with E-state index in [-0.39, 0.29) is 17.4 Å². The summed E-state index contributed by atoms with van der Waals surface area (Å²) in [6.45, 7) is 5.88. The van der Waals surface area contributed by atoms with Crippen molar-refractivity contribution in [1.82, 2.24) is 14.9 Å². The Labute approximate surface area is 138 Å². The quantitative estimate of drug-likeness (QED) is 0.873. The molecule has 1 aromatic heterocycles. The monoisotopic (exact) mass is 346 g/mol. The number of halogens is 3. The fourth-order valence-corrected chi connectivity index (χ4v) is 2.30.